The second-order valence-corrected chi connectivity index (χ2v) is 9.32. The van der Waals surface area contributed by atoms with Crippen LogP contribution in [0, 0.1) is 0 Å². The van der Waals surface area contributed by atoms with E-state index in [0.717, 1.165) is 23.3 Å². The van der Waals surface area contributed by atoms with Crippen molar-refractivity contribution in [2.45, 2.75) is 17.3 Å². The van der Waals surface area contributed by atoms with Crippen LogP contribution in [0.4, 0.5) is 0 Å². The molecule has 0 saturated heterocycles. The molecule has 136 valence electrons. The SMILES string of the molecule is Cn1ccc(CCn2ncc3c4sc(S(C)(=O)=O)nc4n(C)c3c2=O)n1. The second kappa shape index (κ2) is 5.74. The first-order valence-electron chi connectivity index (χ1n) is 7.79. The van der Waals surface area contributed by atoms with Gasteiger partial charge in [-0.2, -0.15) is 10.2 Å². The summed E-state index contributed by atoms with van der Waals surface area (Å²) in [7, 11) is 0.157. The Balaban J connectivity index is 1.80. The van der Waals surface area contributed by atoms with Crippen LogP contribution in [0.5, 0.6) is 0 Å². The number of fused-ring (bicyclic) bond motifs is 3. The molecule has 0 fully saturated rings. The maximum atomic E-state index is 12.8. The lowest BCUT2D eigenvalue weighted by atomic mass is 10.3. The summed E-state index contributed by atoms with van der Waals surface area (Å²) in [5.74, 6) is 0. The van der Waals surface area contributed by atoms with Gasteiger partial charge in [-0.25, -0.2) is 18.1 Å². The highest BCUT2D eigenvalue weighted by atomic mass is 32.2. The molecule has 0 N–H and O–H groups in total. The van der Waals surface area contributed by atoms with Crippen molar-refractivity contribution in [3.8, 4) is 0 Å². The van der Waals surface area contributed by atoms with Crippen molar-refractivity contribution in [3.63, 3.8) is 0 Å². The summed E-state index contributed by atoms with van der Waals surface area (Å²) in [5, 5.41) is 9.17. The van der Waals surface area contributed by atoms with Gasteiger partial charge in [-0.1, -0.05) is 0 Å². The minimum absolute atomic E-state index is 0.0410. The van der Waals surface area contributed by atoms with Crippen molar-refractivity contribution in [3.05, 3.63) is 34.5 Å². The zero-order valence-corrected chi connectivity index (χ0v) is 16.0. The highest BCUT2D eigenvalue weighted by Gasteiger charge is 2.21. The van der Waals surface area contributed by atoms with Gasteiger partial charge in [0.05, 0.1) is 23.1 Å². The molecule has 4 rings (SSSR count). The Morgan fingerprint density at radius 1 is 1.27 bits per heavy atom. The van der Waals surface area contributed by atoms with Gasteiger partial charge in [-0.15, -0.1) is 11.3 Å². The van der Waals surface area contributed by atoms with Crippen molar-refractivity contribution >= 4 is 42.4 Å². The lowest BCUT2D eigenvalue weighted by Gasteiger charge is -2.04. The first kappa shape index (κ1) is 16.9. The van der Waals surface area contributed by atoms with Crippen LogP contribution in [0.15, 0.2) is 27.6 Å². The van der Waals surface area contributed by atoms with Crippen LogP contribution in [-0.4, -0.2) is 43.8 Å². The van der Waals surface area contributed by atoms with Crippen molar-refractivity contribution in [1.82, 2.24) is 29.1 Å². The van der Waals surface area contributed by atoms with E-state index in [1.165, 1.54) is 4.68 Å². The van der Waals surface area contributed by atoms with E-state index in [0.29, 0.717) is 34.2 Å². The Kier molecular flexibility index (Phi) is 3.74. The minimum Gasteiger partial charge on any atom is -0.323 e. The maximum Gasteiger partial charge on any atom is 0.291 e. The molecule has 0 bridgehead atoms. The average Bonchev–Trinajstić information content (AvgIpc) is 3.23. The van der Waals surface area contributed by atoms with Gasteiger partial charge in [0.15, 0.2) is 5.65 Å². The largest absolute Gasteiger partial charge is 0.323 e. The molecule has 11 heteroatoms. The van der Waals surface area contributed by atoms with Crippen LogP contribution in [0.25, 0.3) is 21.3 Å². The molecule has 0 spiro atoms. The fourth-order valence-corrected chi connectivity index (χ4v) is 4.85. The molecule has 0 aliphatic carbocycles. The number of sulfone groups is 1. The summed E-state index contributed by atoms with van der Waals surface area (Å²) in [6, 6.07) is 1.90. The quantitative estimate of drug-likeness (QED) is 0.507. The van der Waals surface area contributed by atoms with E-state index in [9.17, 15) is 13.2 Å². The van der Waals surface area contributed by atoms with E-state index in [-0.39, 0.29) is 9.90 Å². The third-order valence-electron chi connectivity index (χ3n) is 4.17. The summed E-state index contributed by atoms with van der Waals surface area (Å²) in [5.41, 5.74) is 1.60. The Labute approximate surface area is 152 Å². The number of thiazole rings is 1. The number of hydrogen-bond donors (Lipinski definition) is 0. The lowest BCUT2D eigenvalue weighted by Crippen LogP contribution is -2.25. The Bertz CT molecular complexity index is 1310. The monoisotopic (exact) mass is 392 g/mol. The normalized spacial score (nSPS) is 12.4. The van der Waals surface area contributed by atoms with Crippen molar-refractivity contribution < 1.29 is 8.42 Å². The molecule has 0 atom stereocenters. The fourth-order valence-electron chi connectivity index (χ4n) is 2.91. The maximum absolute atomic E-state index is 12.8. The third-order valence-corrected chi connectivity index (χ3v) is 6.93. The number of rotatable bonds is 4. The molecule has 0 aromatic carbocycles. The van der Waals surface area contributed by atoms with Gasteiger partial charge in [-0.05, 0) is 6.07 Å². The second-order valence-electron chi connectivity index (χ2n) is 6.13. The fraction of sp³-hybridized carbons (Fsp3) is 0.333. The van der Waals surface area contributed by atoms with Gasteiger partial charge in [0, 0.05) is 38.4 Å². The van der Waals surface area contributed by atoms with Gasteiger partial charge in [0.2, 0.25) is 14.2 Å². The van der Waals surface area contributed by atoms with Crippen LogP contribution in [0.3, 0.4) is 0 Å². The molecule has 0 aliphatic rings. The van der Waals surface area contributed by atoms with E-state index in [4.69, 9.17) is 0 Å². The van der Waals surface area contributed by atoms with Gasteiger partial charge in [0.25, 0.3) is 5.56 Å². The van der Waals surface area contributed by atoms with Crippen molar-refractivity contribution in [1.29, 1.82) is 0 Å². The van der Waals surface area contributed by atoms with E-state index in [1.807, 2.05) is 19.3 Å². The van der Waals surface area contributed by atoms with E-state index >= 15 is 0 Å². The number of nitrogens with zero attached hydrogens (tertiary/aromatic N) is 6. The van der Waals surface area contributed by atoms with Crippen LogP contribution in [0.1, 0.15) is 5.69 Å². The summed E-state index contributed by atoms with van der Waals surface area (Å²) >= 11 is 1.06. The van der Waals surface area contributed by atoms with Gasteiger partial charge in [0.1, 0.15) is 5.52 Å². The van der Waals surface area contributed by atoms with Crippen LogP contribution in [0.2, 0.25) is 0 Å². The van der Waals surface area contributed by atoms with Crippen molar-refractivity contribution in [2.75, 3.05) is 6.26 Å². The van der Waals surface area contributed by atoms with Gasteiger partial charge in [-0.3, -0.25) is 9.48 Å². The molecule has 26 heavy (non-hydrogen) atoms. The predicted molar refractivity (Wildman–Crippen MR) is 98.2 cm³/mol. The smallest absolute Gasteiger partial charge is 0.291 e. The van der Waals surface area contributed by atoms with E-state index < -0.39 is 9.84 Å². The first-order valence-corrected chi connectivity index (χ1v) is 10.5. The number of hydrogen-bond acceptors (Lipinski definition) is 7. The zero-order chi connectivity index (χ0) is 18.6. The molecule has 4 aromatic heterocycles. The lowest BCUT2D eigenvalue weighted by molar-refractivity contribution is 0.572. The summed E-state index contributed by atoms with van der Waals surface area (Å²) in [6.45, 7) is 0.409. The Morgan fingerprint density at radius 3 is 2.69 bits per heavy atom. The van der Waals surface area contributed by atoms with E-state index in [1.54, 1.807) is 22.5 Å². The van der Waals surface area contributed by atoms with Crippen LogP contribution >= 0.6 is 11.3 Å². The summed E-state index contributed by atoms with van der Waals surface area (Å²) in [4.78, 5) is 17.0. The number of aromatic nitrogens is 6. The topological polar surface area (TPSA) is 105 Å². The third kappa shape index (κ3) is 2.63. The first-order chi connectivity index (χ1) is 12.3. The predicted octanol–water partition coefficient (Wildman–Crippen LogP) is 0.724. The Morgan fingerprint density at radius 2 is 2.04 bits per heavy atom. The molecule has 4 aromatic rings. The summed E-state index contributed by atoms with van der Waals surface area (Å²) < 4.78 is 28.9. The van der Waals surface area contributed by atoms with Gasteiger partial charge < -0.3 is 4.57 Å². The van der Waals surface area contributed by atoms with Crippen LogP contribution in [-0.2, 0) is 36.9 Å². The molecule has 0 saturated carbocycles. The van der Waals surface area contributed by atoms with Crippen molar-refractivity contribution in [2.24, 2.45) is 14.1 Å². The number of aryl methyl sites for hydroxylation is 4. The highest BCUT2D eigenvalue weighted by molar-refractivity contribution is 7.92. The Hall–Kier alpha value is -2.53. The minimum atomic E-state index is -3.39. The molecule has 0 aliphatic heterocycles. The zero-order valence-electron chi connectivity index (χ0n) is 14.4. The average molecular weight is 392 g/mol. The van der Waals surface area contributed by atoms with Gasteiger partial charge >= 0.3 is 0 Å². The molecular formula is C15H16N6O3S2. The summed E-state index contributed by atoms with van der Waals surface area (Å²) in [6.07, 6.45) is 5.16. The molecule has 0 radical (unpaired) electrons. The molecule has 0 unspecified atom stereocenters. The molecule has 9 nitrogen and oxygen atoms in total. The van der Waals surface area contributed by atoms with E-state index in [2.05, 4.69) is 15.2 Å². The molecule has 4 heterocycles. The highest BCUT2D eigenvalue weighted by Crippen LogP contribution is 2.32. The molecular weight excluding hydrogens is 376 g/mol. The molecule has 0 amide bonds. The van der Waals surface area contributed by atoms with Crippen LogP contribution < -0.4 is 5.56 Å². The standard InChI is InChI=1S/C15H16N6O3S2/c1-19-6-4-9(18-19)5-7-21-14(22)11-10(8-16-21)12-13(20(11)2)17-15(25-12)26(3,23)24/h4,6,8H,5,7H2,1-3H3.